The molecule has 2 unspecified atom stereocenters. The van der Waals surface area contributed by atoms with Gasteiger partial charge in [-0.1, -0.05) is 0 Å². The zero-order valence-electron chi connectivity index (χ0n) is 13.9. The molecule has 8 heteroatoms. The van der Waals surface area contributed by atoms with Crippen LogP contribution in [0.5, 0.6) is 0 Å². The summed E-state index contributed by atoms with van der Waals surface area (Å²) in [5, 5.41) is 13.3. The number of hydrogen-bond acceptors (Lipinski definition) is 8. The van der Waals surface area contributed by atoms with E-state index >= 15 is 0 Å². The summed E-state index contributed by atoms with van der Waals surface area (Å²) >= 11 is 1.59. The first-order valence-electron chi connectivity index (χ1n) is 8.55. The Kier molecular flexibility index (Phi) is 4.58. The van der Waals surface area contributed by atoms with Crippen molar-refractivity contribution in [3.63, 3.8) is 0 Å². The van der Waals surface area contributed by atoms with Gasteiger partial charge in [0.2, 0.25) is 0 Å². The summed E-state index contributed by atoms with van der Waals surface area (Å²) in [4.78, 5) is 24.3. The number of nitrogens with zero attached hydrogens (tertiary/aromatic N) is 3. The van der Waals surface area contributed by atoms with Gasteiger partial charge in [-0.25, -0.2) is 9.97 Å². The fraction of sp³-hybridized carbons (Fsp3) is 0.588. The van der Waals surface area contributed by atoms with E-state index in [1.807, 2.05) is 11.4 Å². The summed E-state index contributed by atoms with van der Waals surface area (Å²) < 4.78 is 10.6. The minimum Gasteiger partial charge on any atom is -0.462 e. The van der Waals surface area contributed by atoms with Gasteiger partial charge in [0, 0.05) is 26.1 Å². The lowest BCUT2D eigenvalue weighted by molar-refractivity contribution is -0.156. The monoisotopic (exact) mass is 363 g/mol. The third-order valence-electron chi connectivity index (χ3n) is 4.86. The van der Waals surface area contributed by atoms with Crippen LogP contribution in [0.3, 0.4) is 0 Å². The van der Waals surface area contributed by atoms with E-state index in [0.717, 1.165) is 35.4 Å². The van der Waals surface area contributed by atoms with Crippen LogP contribution >= 0.6 is 11.3 Å². The van der Waals surface area contributed by atoms with Crippen molar-refractivity contribution in [1.29, 1.82) is 0 Å². The van der Waals surface area contributed by atoms with Crippen LogP contribution in [-0.4, -0.2) is 59.6 Å². The molecule has 2 fully saturated rings. The van der Waals surface area contributed by atoms with Gasteiger partial charge in [-0.3, -0.25) is 4.79 Å². The van der Waals surface area contributed by atoms with Gasteiger partial charge in [0.05, 0.1) is 17.9 Å². The molecule has 0 aliphatic carbocycles. The van der Waals surface area contributed by atoms with E-state index < -0.39 is 5.60 Å². The Balaban J connectivity index is 1.42. The summed E-state index contributed by atoms with van der Waals surface area (Å²) in [5.74, 6) is 0.426. The highest BCUT2D eigenvalue weighted by Crippen LogP contribution is 2.30. The first kappa shape index (κ1) is 16.7. The van der Waals surface area contributed by atoms with E-state index in [1.165, 1.54) is 0 Å². The summed E-state index contributed by atoms with van der Waals surface area (Å²) in [7, 11) is 0. The highest BCUT2D eigenvalue weighted by molar-refractivity contribution is 7.16. The Morgan fingerprint density at radius 1 is 1.52 bits per heavy atom. The number of carbonyl (C=O) groups excluding carboxylic acids is 1. The molecule has 0 amide bonds. The number of esters is 1. The number of anilines is 1. The Morgan fingerprint density at radius 3 is 3.28 bits per heavy atom. The molecule has 0 spiro atoms. The second-order valence-corrected chi connectivity index (χ2v) is 7.65. The van der Waals surface area contributed by atoms with E-state index in [9.17, 15) is 9.90 Å². The molecular weight excluding hydrogens is 342 g/mol. The Hall–Kier alpha value is -1.77. The van der Waals surface area contributed by atoms with Gasteiger partial charge in [-0.05, 0) is 24.3 Å². The predicted octanol–water partition coefficient (Wildman–Crippen LogP) is 1.60. The van der Waals surface area contributed by atoms with Crippen LogP contribution in [0.25, 0.3) is 10.2 Å². The van der Waals surface area contributed by atoms with E-state index in [2.05, 4.69) is 14.9 Å². The van der Waals surface area contributed by atoms with Crippen molar-refractivity contribution in [1.82, 2.24) is 9.97 Å². The number of aliphatic hydroxyl groups is 1. The number of aromatic nitrogens is 2. The molecule has 2 aromatic heterocycles. The molecular formula is C17H21N3O4S. The number of fused-ring (bicyclic) bond motifs is 1. The molecule has 0 bridgehead atoms. The van der Waals surface area contributed by atoms with Crippen LogP contribution in [0.1, 0.15) is 19.3 Å². The molecule has 0 radical (unpaired) electrons. The largest absolute Gasteiger partial charge is 0.462 e. The average molecular weight is 363 g/mol. The van der Waals surface area contributed by atoms with Gasteiger partial charge in [0.15, 0.2) is 0 Å². The van der Waals surface area contributed by atoms with Crippen molar-refractivity contribution < 1.29 is 19.4 Å². The van der Waals surface area contributed by atoms with Crippen molar-refractivity contribution in [3.8, 4) is 0 Å². The molecule has 2 aromatic rings. The molecule has 0 aromatic carbocycles. The van der Waals surface area contributed by atoms with Crippen LogP contribution in [0, 0.1) is 5.92 Å². The third-order valence-corrected chi connectivity index (χ3v) is 5.68. The van der Waals surface area contributed by atoms with Crippen molar-refractivity contribution in [2.75, 3.05) is 37.8 Å². The summed E-state index contributed by atoms with van der Waals surface area (Å²) in [6, 6.07) is 2.02. The first-order chi connectivity index (χ1) is 12.1. The quantitative estimate of drug-likeness (QED) is 0.826. The fourth-order valence-corrected chi connectivity index (χ4v) is 4.15. The van der Waals surface area contributed by atoms with Crippen LogP contribution in [0.4, 0.5) is 5.82 Å². The molecule has 1 N–H and O–H groups in total. The summed E-state index contributed by atoms with van der Waals surface area (Å²) in [6.45, 7) is 2.19. The SMILES string of the molecule is O=C(OCC1(O)CCOC1)C1CCCN(c2ncnc3sccc23)C1. The average Bonchev–Trinajstić information content (AvgIpc) is 3.29. The molecule has 7 nitrogen and oxygen atoms in total. The normalized spacial score (nSPS) is 26.9. The van der Waals surface area contributed by atoms with Gasteiger partial charge in [-0.2, -0.15) is 0 Å². The van der Waals surface area contributed by atoms with Crippen LogP contribution < -0.4 is 4.90 Å². The first-order valence-corrected chi connectivity index (χ1v) is 9.42. The maximum atomic E-state index is 12.5. The lowest BCUT2D eigenvalue weighted by Gasteiger charge is -2.33. The molecule has 2 saturated heterocycles. The predicted molar refractivity (Wildman–Crippen MR) is 93.7 cm³/mol. The summed E-state index contributed by atoms with van der Waals surface area (Å²) in [5.41, 5.74) is -1.03. The van der Waals surface area contributed by atoms with Crippen molar-refractivity contribution >= 4 is 33.3 Å². The second kappa shape index (κ2) is 6.86. The minimum absolute atomic E-state index is 0.00458. The van der Waals surface area contributed by atoms with Crippen LogP contribution in [0.15, 0.2) is 17.8 Å². The van der Waals surface area contributed by atoms with Crippen LogP contribution in [-0.2, 0) is 14.3 Å². The zero-order valence-corrected chi connectivity index (χ0v) is 14.7. The summed E-state index contributed by atoms with van der Waals surface area (Å²) in [6.07, 6.45) is 3.78. The molecule has 25 heavy (non-hydrogen) atoms. The standard InChI is InChI=1S/C17H21N3O4S/c21-16(24-10-17(22)4-6-23-9-17)12-2-1-5-20(8-12)14-13-3-7-25-15(13)19-11-18-14/h3,7,11-12,22H,1-2,4-6,8-10H2. The molecule has 4 rings (SSSR count). The highest BCUT2D eigenvalue weighted by Gasteiger charge is 2.35. The molecule has 2 aliphatic rings. The van der Waals surface area contributed by atoms with E-state index in [0.29, 0.717) is 19.6 Å². The molecule has 2 aliphatic heterocycles. The number of thiophene rings is 1. The van der Waals surface area contributed by atoms with E-state index in [1.54, 1.807) is 17.7 Å². The molecule has 0 saturated carbocycles. The number of piperidine rings is 1. The number of carbonyl (C=O) groups is 1. The zero-order chi connectivity index (χ0) is 17.3. The smallest absolute Gasteiger partial charge is 0.310 e. The molecule has 134 valence electrons. The maximum absolute atomic E-state index is 12.5. The van der Waals surface area contributed by atoms with Gasteiger partial charge in [0.25, 0.3) is 0 Å². The Bertz CT molecular complexity index is 759. The van der Waals surface area contributed by atoms with Crippen molar-refractivity contribution in [2.24, 2.45) is 5.92 Å². The van der Waals surface area contributed by atoms with Crippen LogP contribution in [0.2, 0.25) is 0 Å². The third kappa shape index (κ3) is 3.47. The van der Waals surface area contributed by atoms with Gasteiger partial charge in [-0.15, -0.1) is 11.3 Å². The second-order valence-electron chi connectivity index (χ2n) is 6.76. The topological polar surface area (TPSA) is 84.8 Å². The minimum atomic E-state index is -1.03. The fourth-order valence-electron chi connectivity index (χ4n) is 3.42. The van der Waals surface area contributed by atoms with Crippen molar-refractivity contribution in [3.05, 3.63) is 17.8 Å². The lowest BCUT2D eigenvalue weighted by Crippen LogP contribution is -2.42. The van der Waals surface area contributed by atoms with Crippen molar-refractivity contribution in [2.45, 2.75) is 24.9 Å². The van der Waals surface area contributed by atoms with Gasteiger partial charge < -0.3 is 19.5 Å². The van der Waals surface area contributed by atoms with Gasteiger partial charge >= 0.3 is 5.97 Å². The van der Waals surface area contributed by atoms with Gasteiger partial charge in [0.1, 0.15) is 29.2 Å². The number of ether oxygens (including phenoxy) is 2. The van der Waals surface area contributed by atoms with E-state index in [4.69, 9.17) is 9.47 Å². The highest BCUT2D eigenvalue weighted by atomic mass is 32.1. The molecule has 2 atom stereocenters. The number of rotatable bonds is 4. The van der Waals surface area contributed by atoms with E-state index in [-0.39, 0.29) is 25.1 Å². The number of hydrogen-bond donors (Lipinski definition) is 1. The molecule has 4 heterocycles. The Morgan fingerprint density at radius 2 is 2.44 bits per heavy atom. The Labute approximate surface area is 149 Å². The maximum Gasteiger partial charge on any atom is 0.310 e. The lowest BCUT2D eigenvalue weighted by atomic mass is 9.98.